The molecule has 1 saturated heterocycles. The van der Waals surface area contributed by atoms with E-state index in [4.69, 9.17) is 5.73 Å². The zero-order chi connectivity index (χ0) is 17.9. The highest BCUT2D eigenvalue weighted by atomic mass is 127. The van der Waals surface area contributed by atoms with Crippen LogP contribution in [0, 0.1) is 5.92 Å². The molecule has 0 radical (unpaired) electrons. The SMILES string of the molecule is CN=C(NCCCCN1CCC(C(N)=O)CC1)NCCn1cccc1.I. The molecule has 8 heteroatoms. The number of halogens is 1. The van der Waals surface area contributed by atoms with E-state index in [2.05, 4.69) is 37.5 Å². The molecular weight excluding hydrogens is 443 g/mol. The minimum absolute atomic E-state index is 0. The van der Waals surface area contributed by atoms with Gasteiger partial charge in [0.25, 0.3) is 0 Å². The number of amides is 1. The lowest BCUT2D eigenvalue weighted by Crippen LogP contribution is -2.40. The number of hydrogen-bond acceptors (Lipinski definition) is 3. The van der Waals surface area contributed by atoms with E-state index >= 15 is 0 Å². The number of hydrogen-bond donors (Lipinski definition) is 3. The number of rotatable bonds is 9. The Morgan fingerprint density at radius 3 is 2.38 bits per heavy atom. The van der Waals surface area contributed by atoms with Crippen molar-refractivity contribution in [3.63, 3.8) is 0 Å². The van der Waals surface area contributed by atoms with Gasteiger partial charge in [-0.25, -0.2) is 0 Å². The Balaban J connectivity index is 0.00000338. The summed E-state index contributed by atoms with van der Waals surface area (Å²) in [4.78, 5) is 17.9. The van der Waals surface area contributed by atoms with Crippen molar-refractivity contribution < 1.29 is 4.79 Å². The predicted octanol–water partition coefficient (Wildman–Crippen LogP) is 1.25. The monoisotopic (exact) mass is 476 g/mol. The molecular formula is C18H33IN6O. The van der Waals surface area contributed by atoms with E-state index in [1.54, 1.807) is 7.05 Å². The van der Waals surface area contributed by atoms with Crippen molar-refractivity contribution in [2.75, 3.05) is 39.8 Å². The Morgan fingerprint density at radius 2 is 1.77 bits per heavy atom. The number of likely N-dealkylation sites (tertiary alicyclic amines) is 1. The van der Waals surface area contributed by atoms with Crippen LogP contribution in [0.1, 0.15) is 25.7 Å². The molecule has 0 bridgehead atoms. The van der Waals surface area contributed by atoms with Gasteiger partial charge in [0.15, 0.2) is 5.96 Å². The van der Waals surface area contributed by atoms with E-state index in [-0.39, 0.29) is 35.8 Å². The van der Waals surface area contributed by atoms with Crippen LogP contribution >= 0.6 is 24.0 Å². The number of guanidine groups is 1. The third-order valence-electron chi connectivity index (χ3n) is 4.74. The number of unbranched alkanes of at least 4 members (excludes halogenated alkanes) is 1. The molecule has 2 heterocycles. The summed E-state index contributed by atoms with van der Waals surface area (Å²) < 4.78 is 2.14. The number of primary amides is 1. The number of nitrogens with zero attached hydrogens (tertiary/aromatic N) is 3. The van der Waals surface area contributed by atoms with Crippen molar-refractivity contribution in [1.82, 2.24) is 20.1 Å². The predicted molar refractivity (Wildman–Crippen MR) is 117 cm³/mol. The molecule has 1 aliphatic heterocycles. The molecule has 1 aromatic heterocycles. The van der Waals surface area contributed by atoms with Gasteiger partial charge < -0.3 is 25.8 Å². The smallest absolute Gasteiger partial charge is 0.220 e. The van der Waals surface area contributed by atoms with E-state index in [0.29, 0.717) is 0 Å². The molecule has 26 heavy (non-hydrogen) atoms. The third-order valence-corrected chi connectivity index (χ3v) is 4.74. The second-order valence-corrected chi connectivity index (χ2v) is 6.57. The number of nitrogens with two attached hydrogens (primary N) is 1. The molecule has 1 fully saturated rings. The number of nitrogens with one attached hydrogen (secondary N) is 2. The van der Waals surface area contributed by atoms with Crippen LogP contribution < -0.4 is 16.4 Å². The van der Waals surface area contributed by atoms with Gasteiger partial charge in [0.1, 0.15) is 0 Å². The molecule has 1 amide bonds. The second kappa shape index (κ2) is 13.0. The Morgan fingerprint density at radius 1 is 1.12 bits per heavy atom. The Labute approximate surface area is 173 Å². The maximum atomic E-state index is 11.2. The van der Waals surface area contributed by atoms with E-state index in [9.17, 15) is 4.79 Å². The summed E-state index contributed by atoms with van der Waals surface area (Å²) >= 11 is 0. The van der Waals surface area contributed by atoms with Crippen LogP contribution in [0.2, 0.25) is 0 Å². The number of aromatic nitrogens is 1. The van der Waals surface area contributed by atoms with Gasteiger partial charge in [0, 0.05) is 45.0 Å². The Bertz CT molecular complexity index is 526. The number of carbonyl (C=O) groups excluding carboxylic acids is 1. The molecule has 2 rings (SSSR count). The summed E-state index contributed by atoms with van der Waals surface area (Å²) in [6.45, 7) is 5.76. The van der Waals surface area contributed by atoms with Crippen LogP contribution in [0.3, 0.4) is 0 Å². The summed E-state index contributed by atoms with van der Waals surface area (Å²) in [5.74, 6) is 0.799. The van der Waals surface area contributed by atoms with Crippen molar-refractivity contribution in [2.45, 2.75) is 32.2 Å². The van der Waals surface area contributed by atoms with E-state index in [1.807, 2.05) is 12.1 Å². The van der Waals surface area contributed by atoms with Gasteiger partial charge in [-0.15, -0.1) is 24.0 Å². The lowest BCUT2D eigenvalue weighted by Gasteiger charge is -2.30. The number of carbonyl (C=O) groups is 1. The van der Waals surface area contributed by atoms with Crippen molar-refractivity contribution >= 4 is 35.8 Å². The average molecular weight is 476 g/mol. The molecule has 0 atom stereocenters. The van der Waals surface area contributed by atoms with Crippen molar-refractivity contribution in [3.05, 3.63) is 24.5 Å². The molecule has 0 unspecified atom stereocenters. The van der Waals surface area contributed by atoms with Gasteiger partial charge in [-0.1, -0.05) is 0 Å². The second-order valence-electron chi connectivity index (χ2n) is 6.57. The lowest BCUT2D eigenvalue weighted by atomic mass is 9.96. The minimum atomic E-state index is -0.139. The maximum absolute atomic E-state index is 11.2. The first kappa shape index (κ1) is 22.8. The number of piperidine rings is 1. The molecule has 1 aliphatic rings. The van der Waals surface area contributed by atoms with Crippen LogP contribution in [0.4, 0.5) is 0 Å². The largest absolute Gasteiger partial charge is 0.369 e. The van der Waals surface area contributed by atoms with Crippen LogP contribution in [0.25, 0.3) is 0 Å². The van der Waals surface area contributed by atoms with Crippen LogP contribution in [0.5, 0.6) is 0 Å². The summed E-state index contributed by atoms with van der Waals surface area (Å²) in [6.07, 6.45) is 8.19. The van der Waals surface area contributed by atoms with Crippen molar-refractivity contribution in [1.29, 1.82) is 0 Å². The highest BCUT2D eigenvalue weighted by Gasteiger charge is 2.22. The molecule has 148 valence electrons. The average Bonchev–Trinajstić information content (AvgIpc) is 3.13. The highest BCUT2D eigenvalue weighted by molar-refractivity contribution is 14.0. The highest BCUT2D eigenvalue weighted by Crippen LogP contribution is 2.16. The van der Waals surface area contributed by atoms with Gasteiger partial charge in [-0.2, -0.15) is 0 Å². The summed E-state index contributed by atoms with van der Waals surface area (Å²) in [6, 6.07) is 4.06. The van der Waals surface area contributed by atoms with E-state index in [1.165, 1.54) is 0 Å². The summed E-state index contributed by atoms with van der Waals surface area (Å²) in [5, 5.41) is 6.69. The number of aliphatic imine (C=N–C) groups is 1. The van der Waals surface area contributed by atoms with Crippen molar-refractivity contribution in [2.24, 2.45) is 16.6 Å². The first-order valence-electron chi connectivity index (χ1n) is 9.26. The summed E-state index contributed by atoms with van der Waals surface area (Å²) in [7, 11) is 1.80. The zero-order valence-corrected chi connectivity index (χ0v) is 18.0. The minimum Gasteiger partial charge on any atom is -0.369 e. The third kappa shape index (κ3) is 8.39. The topological polar surface area (TPSA) is 87.7 Å². The fourth-order valence-corrected chi connectivity index (χ4v) is 3.15. The quantitative estimate of drug-likeness (QED) is 0.217. The van der Waals surface area contributed by atoms with E-state index in [0.717, 1.165) is 70.9 Å². The normalized spacial score (nSPS) is 16.1. The van der Waals surface area contributed by atoms with Gasteiger partial charge in [-0.3, -0.25) is 9.79 Å². The molecule has 0 aliphatic carbocycles. The molecule has 0 aromatic carbocycles. The summed E-state index contributed by atoms with van der Waals surface area (Å²) in [5.41, 5.74) is 5.37. The van der Waals surface area contributed by atoms with Gasteiger partial charge in [0.05, 0.1) is 0 Å². The zero-order valence-electron chi connectivity index (χ0n) is 15.7. The molecule has 0 saturated carbocycles. The molecule has 4 N–H and O–H groups in total. The van der Waals surface area contributed by atoms with E-state index < -0.39 is 0 Å². The van der Waals surface area contributed by atoms with Gasteiger partial charge in [0.2, 0.25) is 5.91 Å². The molecule has 1 aromatic rings. The maximum Gasteiger partial charge on any atom is 0.220 e. The Kier molecular flexibility index (Phi) is 11.3. The fraction of sp³-hybridized carbons (Fsp3) is 0.667. The van der Waals surface area contributed by atoms with Gasteiger partial charge in [-0.05, 0) is 57.5 Å². The molecule has 0 spiro atoms. The lowest BCUT2D eigenvalue weighted by molar-refractivity contribution is -0.123. The molecule has 7 nitrogen and oxygen atoms in total. The Hall–Kier alpha value is -1.29. The van der Waals surface area contributed by atoms with Crippen LogP contribution in [0.15, 0.2) is 29.5 Å². The van der Waals surface area contributed by atoms with Crippen LogP contribution in [-0.4, -0.2) is 61.1 Å². The van der Waals surface area contributed by atoms with Crippen LogP contribution in [-0.2, 0) is 11.3 Å². The van der Waals surface area contributed by atoms with Gasteiger partial charge >= 0.3 is 0 Å². The fourth-order valence-electron chi connectivity index (χ4n) is 3.15. The van der Waals surface area contributed by atoms with Crippen molar-refractivity contribution in [3.8, 4) is 0 Å². The standard InChI is InChI=1S/C18H32N6O.HI/c1-20-18(22-9-15-23-11-4-5-12-23)21-8-2-3-10-24-13-6-16(7-14-24)17(19)25;/h4-5,11-12,16H,2-3,6-10,13-15H2,1H3,(H2,19,25)(H2,20,21,22);1H. The first-order valence-corrected chi connectivity index (χ1v) is 9.26. The first-order chi connectivity index (χ1) is 12.2.